The number of aliphatic carboxylic acids is 1. The van der Waals surface area contributed by atoms with Crippen LogP contribution in [0.4, 0.5) is 10.5 Å². The lowest BCUT2D eigenvalue weighted by atomic mass is 10.2. The Hall–Kier alpha value is -2.68. The third-order valence-electron chi connectivity index (χ3n) is 2.88. The Morgan fingerprint density at radius 2 is 2.25 bits per heavy atom. The van der Waals surface area contributed by atoms with E-state index in [1.54, 1.807) is 31.2 Å². The first kappa shape index (κ1) is 13.7. The second-order valence-electron chi connectivity index (χ2n) is 4.36. The van der Waals surface area contributed by atoms with Gasteiger partial charge in [-0.3, -0.25) is 4.90 Å². The van der Waals surface area contributed by atoms with Crippen LogP contribution in [0.3, 0.4) is 0 Å². The molecule has 1 aromatic carbocycles. The predicted molar refractivity (Wildman–Crippen MR) is 72.7 cm³/mol. The fourth-order valence-electron chi connectivity index (χ4n) is 1.86. The van der Waals surface area contributed by atoms with Crippen LogP contribution < -0.4 is 15.0 Å². The second kappa shape index (κ2) is 5.53. The number of benzene rings is 1. The van der Waals surface area contributed by atoms with Crippen molar-refractivity contribution in [3.8, 4) is 18.1 Å². The number of carbonyl (C=O) groups is 2. The van der Waals surface area contributed by atoms with Gasteiger partial charge in [-0.2, -0.15) is 0 Å². The van der Waals surface area contributed by atoms with E-state index in [0.717, 1.165) is 0 Å². The molecule has 1 aromatic rings. The topological polar surface area (TPSA) is 78.9 Å². The van der Waals surface area contributed by atoms with Crippen LogP contribution >= 0.6 is 0 Å². The highest BCUT2D eigenvalue weighted by Gasteiger charge is 2.33. The number of carbonyl (C=O) groups excluding carboxylic acids is 1. The predicted octanol–water partition coefficient (Wildman–Crippen LogP) is 1.07. The third kappa shape index (κ3) is 2.67. The number of hydrogen-bond donors (Lipinski definition) is 2. The van der Waals surface area contributed by atoms with Gasteiger partial charge in [-0.1, -0.05) is 18.1 Å². The Balaban J connectivity index is 2.29. The molecule has 2 amide bonds. The van der Waals surface area contributed by atoms with Gasteiger partial charge < -0.3 is 15.2 Å². The van der Waals surface area contributed by atoms with Crippen molar-refractivity contribution in [2.24, 2.45) is 0 Å². The van der Waals surface area contributed by atoms with Crippen molar-refractivity contribution < 1.29 is 19.4 Å². The van der Waals surface area contributed by atoms with Gasteiger partial charge in [0.15, 0.2) is 0 Å². The van der Waals surface area contributed by atoms with E-state index in [-0.39, 0.29) is 6.54 Å². The number of amides is 2. The monoisotopic (exact) mass is 274 g/mol. The first-order valence-corrected chi connectivity index (χ1v) is 6.05. The summed E-state index contributed by atoms with van der Waals surface area (Å²) in [6.45, 7) is 1.59. The summed E-state index contributed by atoms with van der Waals surface area (Å²) in [5.74, 6) is 1.62. The van der Waals surface area contributed by atoms with E-state index < -0.39 is 24.1 Å². The molecule has 20 heavy (non-hydrogen) atoms. The van der Waals surface area contributed by atoms with Crippen LogP contribution in [0.1, 0.15) is 6.92 Å². The highest BCUT2D eigenvalue weighted by Crippen LogP contribution is 2.33. The van der Waals surface area contributed by atoms with E-state index >= 15 is 0 Å². The zero-order valence-electron chi connectivity index (χ0n) is 10.9. The van der Waals surface area contributed by atoms with Gasteiger partial charge in [0, 0.05) is 0 Å². The Morgan fingerprint density at radius 1 is 1.55 bits per heavy atom. The zero-order valence-corrected chi connectivity index (χ0v) is 10.9. The van der Waals surface area contributed by atoms with Crippen LogP contribution in [-0.2, 0) is 4.79 Å². The highest BCUT2D eigenvalue weighted by molar-refractivity contribution is 5.95. The standard InChI is InChI=1S/C14H14N2O4/c1-3-9(2)15-14(19)16-8-12(13(17)18)20-11-7-5-4-6-10(11)16/h1,4-7,9,12H,8H2,2H3,(H,15,19)(H,17,18). The van der Waals surface area contributed by atoms with Crippen molar-refractivity contribution in [2.75, 3.05) is 11.4 Å². The molecule has 0 saturated carbocycles. The van der Waals surface area contributed by atoms with Crippen LogP contribution in [-0.4, -0.2) is 35.8 Å². The highest BCUT2D eigenvalue weighted by atomic mass is 16.5. The van der Waals surface area contributed by atoms with Gasteiger partial charge in [0.1, 0.15) is 5.75 Å². The SMILES string of the molecule is C#CC(C)NC(=O)N1CC(C(=O)O)Oc2ccccc21. The molecule has 0 fully saturated rings. The molecule has 1 heterocycles. The van der Waals surface area contributed by atoms with E-state index in [0.29, 0.717) is 11.4 Å². The number of nitrogens with one attached hydrogen (secondary N) is 1. The first-order valence-electron chi connectivity index (χ1n) is 6.05. The average Bonchev–Trinajstić information content (AvgIpc) is 2.45. The van der Waals surface area contributed by atoms with Crippen LogP contribution in [0.25, 0.3) is 0 Å². The summed E-state index contributed by atoms with van der Waals surface area (Å²) >= 11 is 0. The molecule has 0 radical (unpaired) electrons. The summed E-state index contributed by atoms with van der Waals surface area (Å²) in [5.41, 5.74) is 0.520. The van der Waals surface area contributed by atoms with Crippen LogP contribution in [0.15, 0.2) is 24.3 Å². The molecular weight excluding hydrogens is 260 g/mol. The van der Waals surface area contributed by atoms with E-state index in [1.807, 2.05) is 0 Å². The largest absolute Gasteiger partial charge is 0.478 e. The number of carboxylic acid groups (broad SMARTS) is 1. The fourth-order valence-corrected chi connectivity index (χ4v) is 1.86. The maximum atomic E-state index is 12.2. The number of nitrogens with zero attached hydrogens (tertiary/aromatic N) is 1. The maximum Gasteiger partial charge on any atom is 0.346 e. The quantitative estimate of drug-likeness (QED) is 0.791. The Bertz CT molecular complexity index is 579. The first-order chi connectivity index (χ1) is 9.52. The molecule has 2 unspecified atom stereocenters. The molecule has 0 saturated heterocycles. The maximum absolute atomic E-state index is 12.2. The summed E-state index contributed by atoms with van der Waals surface area (Å²) in [6.07, 6.45) is 4.12. The van der Waals surface area contributed by atoms with Gasteiger partial charge in [-0.25, -0.2) is 9.59 Å². The van der Waals surface area contributed by atoms with Gasteiger partial charge in [0.05, 0.1) is 18.3 Å². The molecule has 0 bridgehead atoms. The number of para-hydroxylation sites is 2. The van der Waals surface area contributed by atoms with Gasteiger partial charge in [-0.05, 0) is 19.1 Å². The fraction of sp³-hybridized carbons (Fsp3) is 0.286. The molecule has 2 N–H and O–H groups in total. The van der Waals surface area contributed by atoms with Crippen molar-refractivity contribution in [3.63, 3.8) is 0 Å². The van der Waals surface area contributed by atoms with E-state index in [4.69, 9.17) is 16.3 Å². The van der Waals surface area contributed by atoms with Crippen molar-refractivity contribution >= 4 is 17.7 Å². The summed E-state index contributed by atoms with van der Waals surface area (Å²) in [5, 5.41) is 11.7. The minimum Gasteiger partial charge on any atom is -0.478 e. The van der Waals surface area contributed by atoms with Gasteiger partial charge in [0.2, 0.25) is 6.10 Å². The van der Waals surface area contributed by atoms with E-state index in [9.17, 15) is 9.59 Å². The minimum atomic E-state index is -1.12. The molecule has 1 aliphatic heterocycles. The average molecular weight is 274 g/mol. The van der Waals surface area contributed by atoms with Crippen molar-refractivity contribution in [2.45, 2.75) is 19.1 Å². The molecule has 0 spiro atoms. The molecular formula is C14H14N2O4. The van der Waals surface area contributed by atoms with Crippen molar-refractivity contribution in [1.29, 1.82) is 0 Å². The molecule has 6 nitrogen and oxygen atoms in total. The molecule has 2 rings (SSSR count). The van der Waals surface area contributed by atoms with Crippen LogP contribution in [0.5, 0.6) is 5.75 Å². The number of carboxylic acids is 1. The summed E-state index contributed by atoms with van der Waals surface area (Å²) in [7, 11) is 0. The molecule has 1 aliphatic rings. The number of hydrogen-bond acceptors (Lipinski definition) is 3. The lowest BCUT2D eigenvalue weighted by molar-refractivity contribution is -0.144. The normalized spacial score (nSPS) is 18.2. The number of urea groups is 1. The van der Waals surface area contributed by atoms with E-state index in [2.05, 4.69) is 11.2 Å². The number of fused-ring (bicyclic) bond motifs is 1. The summed E-state index contributed by atoms with van der Waals surface area (Å²) in [6, 6.07) is 5.87. The van der Waals surface area contributed by atoms with Crippen molar-refractivity contribution in [1.82, 2.24) is 5.32 Å². The lowest BCUT2D eigenvalue weighted by Gasteiger charge is -2.33. The minimum absolute atomic E-state index is 0.0739. The Kier molecular flexibility index (Phi) is 3.80. The van der Waals surface area contributed by atoms with Gasteiger partial charge >= 0.3 is 12.0 Å². The molecule has 0 aliphatic carbocycles. The second-order valence-corrected chi connectivity index (χ2v) is 4.36. The van der Waals surface area contributed by atoms with Crippen LogP contribution in [0.2, 0.25) is 0 Å². The van der Waals surface area contributed by atoms with Gasteiger partial charge in [0.25, 0.3) is 0 Å². The van der Waals surface area contributed by atoms with E-state index in [1.165, 1.54) is 4.90 Å². The van der Waals surface area contributed by atoms with Gasteiger partial charge in [-0.15, -0.1) is 6.42 Å². The number of anilines is 1. The zero-order chi connectivity index (χ0) is 14.7. The van der Waals surface area contributed by atoms with Crippen molar-refractivity contribution in [3.05, 3.63) is 24.3 Å². The Morgan fingerprint density at radius 3 is 2.90 bits per heavy atom. The number of ether oxygens (including phenoxy) is 1. The summed E-state index contributed by atoms with van der Waals surface area (Å²) in [4.78, 5) is 24.6. The summed E-state index contributed by atoms with van der Waals surface area (Å²) < 4.78 is 5.34. The lowest BCUT2D eigenvalue weighted by Crippen LogP contribution is -2.51. The smallest absolute Gasteiger partial charge is 0.346 e. The third-order valence-corrected chi connectivity index (χ3v) is 2.88. The molecule has 104 valence electrons. The molecule has 2 atom stereocenters. The molecule has 6 heteroatoms. The molecule has 0 aromatic heterocycles. The Labute approximate surface area is 116 Å². The number of rotatable bonds is 2. The van der Waals surface area contributed by atoms with Crippen LogP contribution in [0, 0.1) is 12.3 Å². The number of terminal acetylenes is 1.